The molecule has 0 spiro atoms. The van der Waals surface area contributed by atoms with Gasteiger partial charge in [-0.3, -0.25) is 9.59 Å². The van der Waals surface area contributed by atoms with Gasteiger partial charge in [-0.2, -0.15) is 0 Å². The van der Waals surface area contributed by atoms with E-state index in [2.05, 4.69) is 0 Å². The van der Waals surface area contributed by atoms with Crippen LogP contribution in [0.2, 0.25) is 0 Å². The van der Waals surface area contributed by atoms with Crippen LogP contribution in [0.1, 0.15) is 40.5 Å². The van der Waals surface area contributed by atoms with Gasteiger partial charge in [-0.1, -0.05) is 6.92 Å². The number of ketones is 1. The van der Waals surface area contributed by atoms with Crippen molar-refractivity contribution < 1.29 is 23.8 Å². The minimum absolute atomic E-state index is 0.0366. The maximum atomic E-state index is 11.2. The SMILES string of the molecule is CCCOCC(C)OCC(C)OC(=O)CC(C)=O. The van der Waals surface area contributed by atoms with E-state index in [-0.39, 0.29) is 24.4 Å². The Kier molecular flexibility index (Phi) is 9.50. The first kappa shape index (κ1) is 17.1. The highest BCUT2D eigenvalue weighted by molar-refractivity contribution is 5.94. The highest BCUT2D eigenvalue weighted by Gasteiger charge is 2.13. The maximum Gasteiger partial charge on any atom is 0.313 e. The molecule has 0 aliphatic heterocycles. The molecule has 0 heterocycles. The summed E-state index contributed by atoms with van der Waals surface area (Å²) in [4.78, 5) is 21.9. The summed E-state index contributed by atoms with van der Waals surface area (Å²) in [6.07, 6.45) is 0.404. The van der Waals surface area contributed by atoms with Gasteiger partial charge in [0, 0.05) is 6.61 Å². The summed E-state index contributed by atoms with van der Waals surface area (Å²) < 4.78 is 15.8. The van der Waals surface area contributed by atoms with Gasteiger partial charge >= 0.3 is 5.97 Å². The molecule has 106 valence electrons. The third-order valence-corrected chi connectivity index (χ3v) is 2.04. The van der Waals surface area contributed by atoms with Crippen LogP contribution < -0.4 is 0 Å². The summed E-state index contributed by atoms with van der Waals surface area (Å²) in [6.45, 7) is 8.59. The molecule has 0 aliphatic rings. The average molecular weight is 260 g/mol. The largest absolute Gasteiger partial charge is 0.460 e. The number of Topliss-reactive ketones (excluding diaryl/α,β-unsaturated/α-hetero) is 1. The average Bonchev–Trinajstić information content (AvgIpc) is 2.25. The standard InChI is InChI=1S/C13H24O5/c1-5-6-16-8-11(3)17-9-12(4)18-13(15)7-10(2)14/h11-12H,5-9H2,1-4H3. The molecule has 0 aromatic heterocycles. The van der Waals surface area contributed by atoms with Gasteiger partial charge in [0.2, 0.25) is 0 Å². The Morgan fingerprint density at radius 3 is 2.33 bits per heavy atom. The van der Waals surface area contributed by atoms with Crippen molar-refractivity contribution in [3.63, 3.8) is 0 Å². The molecule has 0 N–H and O–H groups in total. The summed E-state index contributed by atoms with van der Waals surface area (Å²) in [7, 11) is 0. The number of hydrogen-bond acceptors (Lipinski definition) is 5. The molecule has 0 rings (SSSR count). The van der Waals surface area contributed by atoms with Crippen LogP contribution in [0.4, 0.5) is 0 Å². The summed E-state index contributed by atoms with van der Waals surface area (Å²) in [5, 5.41) is 0. The Balaban J connectivity index is 3.65. The van der Waals surface area contributed by atoms with Crippen LogP contribution in [-0.4, -0.2) is 43.8 Å². The third kappa shape index (κ3) is 10.2. The predicted molar refractivity (Wildman–Crippen MR) is 67.4 cm³/mol. The summed E-state index contributed by atoms with van der Waals surface area (Å²) in [5.74, 6) is -0.706. The van der Waals surface area contributed by atoms with E-state index in [9.17, 15) is 9.59 Å². The van der Waals surface area contributed by atoms with Crippen molar-refractivity contribution in [2.45, 2.75) is 52.7 Å². The van der Waals surface area contributed by atoms with Crippen molar-refractivity contribution in [2.24, 2.45) is 0 Å². The summed E-state index contributed by atoms with van der Waals surface area (Å²) >= 11 is 0. The molecular weight excluding hydrogens is 236 g/mol. The molecule has 0 fully saturated rings. The first-order chi connectivity index (χ1) is 8.45. The number of carbonyl (C=O) groups excluding carboxylic acids is 2. The normalized spacial score (nSPS) is 14.0. The second-order valence-electron chi connectivity index (χ2n) is 4.40. The zero-order valence-corrected chi connectivity index (χ0v) is 11.7. The smallest absolute Gasteiger partial charge is 0.313 e. The van der Waals surface area contributed by atoms with Gasteiger partial charge in [0.15, 0.2) is 0 Å². The molecule has 0 aromatic rings. The minimum Gasteiger partial charge on any atom is -0.460 e. The van der Waals surface area contributed by atoms with E-state index in [4.69, 9.17) is 14.2 Å². The Morgan fingerprint density at radius 2 is 1.78 bits per heavy atom. The maximum absolute atomic E-state index is 11.2. The lowest BCUT2D eigenvalue weighted by atomic mass is 10.3. The Labute approximate surface area is 109 Å². The molecule has 0 aliphatic carbocycles. The molecule has 5 nitrogen and oxygen atoms in total. The quantitative estimate of drug-likeness (QED) is 0.340. The van der Waals surface area contributed by atoms with E-state index in [1.165, 1.54) is 6.92 Å². The van der Waals surface area contributed by atoms with Crippen LogP contribution in [0.3, 0.4) is 0 Å². The van der Waals surface area contributed by atoms with E-state index < -0.39 is 5.97 Å². The Morgan fingerprint density at radius 1 is 1.11 bits per heavy atom. The molecule has 0 bridgehead atoms. The number of rotatable bonds is 10. The molecule has 5 heteroatoms. The van der Waals surface area contributed by atoms with Crippen molar-refractivity contribution in [1.82, 2.24) is 0 Å². The second kappa shape index (κ2) is 10.0. The topological polar surface area (TPSA) is 61.8 Å². The Bertz CT molecular complexity index is 252. The lowest BCUT2D eigenvalue weighted by molar-refractivity contribution is -0.154. The van der Waals surface area contributed by atoms with Crippen LogP contribution in [0, 0.1) is 0 Å². The monoisotopic (exact) mass is 260 g/mol. The summed E-state index contributed by atoms with van der Waals surface area (Å²) in [6, 6.07) is 0. The van der Waals surface area contributed by atoms with Crippen molar-refractivity contribution >= 4 is 11.8 Å². The van der Waals surface area contributed by atoms with Gasteiger partial charge in [0.05, 0.1) is 19.3 Å². The summed E-state index contributed by atoms with van der Waals surface area (Å²) in [5.41, 5.74) is 0. The minimum atomic E-state index is -0.506. The number of esters is 1. The van der Waals surface area contributed by atoms with Gasteiger partial charge in [-0.05, 0) is 27.2 Å². The fourth-order valence-corrected chi connectivity index (χ4v) is 1.24. The molecule has 0 radical (unpaired) electrons. The van der Waals surface area contributed by atoms with Gasteiger partial charge < -0.3 is 14.2 Å². The highest BCUT2D eigenvalue weighted by Crippen LogP contribution is 2.00. The molecule has 0 saturated carbocycles. The molecule has 0 aromatic carbocycles. The van der Waals surface area contributed by atoms with Gasteiger partial charge in [0.1, 0.15) is 18.3 Å². The van der Waals surface area contributed by atoms with Gasteiger partial charge in [-0.15, -0.1) is 0 Å². The van der Waals surface area contributed by atoms with Crippen LogP contribution >= 0.6 is 0 Å². The van der Waals surface area contributed by atoms with Gasteiger partial charge in [0.25, 0.3) is 0 Å². The van der Waals surface area contributed by atoms with Crippen molar-refractivity contribution in [2.75, 3.05) is 19.8 Å². The van der Waals surface area contributed by atoms with Gasteiger partial charge in [-0.25, -0.2) is 0 Å². The first-order valence-electron chi connectivity index (χ1n) is 6.34. The van der Waals surface area contributed by atoms with Crippen molar-refractivity contribution in [3.05, 3.63) is 0 Å². The van der Waals surface area contributed by atoms with E-state index in [1.54, 1.807) is 6.92 Å². The van der Waals surface area contributed by atoms with E-state index in [0.717, 1.165) is 13.0 Å². The lowest BCUT2D eigenvalue weighted by Gasteiger charge is -2.17. The number of ether oxygens (including phenoxy) is 3. The predicted octanol–water partition coefficient (Wildman–Crippen LogP) is 1.73. The second-order valence-corrected chi connectivity index (χ2v) is 4.40. The third-order valence-electron chi connectivity index (χ3n) is 2.04. The zero-order chi connectivity index (χ0) is 14.0. The molecule has 0 amide bonds. The fourth-order valence-electron chi connectivity index (χ4n) is 1.24. The molecule has 0 saturated heterocycles. The molecule has 18 heavy (non-hydrogen) atoms. The fraction of sp³-hybridized carbons (Fsp3) is 0.846. The zero-order valence-electron chi connectivity index (χ0n) is 11.7. The van der Waals surface area contributed by atoms with E-state index in [0.29, 0.717) is 13.2 Å². The molecular formula is C13H24O5. The Hall–Kier alpha value is -0.940. The van der Waals surface area contributed by atoms with E-state index >= 15 is 0 Å². The first-order valence-corrected chi connectivity index (χ1v) is 6.34. The van der Waals surface area contributed by atoms with E-state index in [1.807, 2.05) is 13.8 Å². The lowest BCUT2D eigenvalue weighted by Crippen LogP contribution is -2.26. The molecule has 2 atom stereocenters. The van der Waals surface area contributed by atoms with Crippen LogP contribution in [0.25, 0.3) is 0 Å². The van der Waals surface area contributed by atoms with Crippen molar-refractivity contribution in [3.8, 4) is 0 Å². The van der Waals surface area contributed by atoms with Crippen LogP contribution in [0.15, 0.2) is 0 Å². The highest BCUT2D eigenvalue weighted by atomic mass is 16.6. The molecule has 2 unspecified atom stereocenters. The van der Waals surface area contributed by atoms with Crippen LogP contribution in [-0.2, 0) is 23.8 Å². The number of hydrogen-bond donors (Lipinski definition) is 0. The number of carbonyl (C=O) groups is 2. The van der Waals surface area contributed by atoms with Crippen molar-refractivity contribution in [1.29, 1.82) is 0 Å². The van der Waals surface area contributed by atoms with Crippen LogP contribution in [0.5, 0.6) is 0 Å².